The zero-order valence-corrected chi connectivity index (χ0v) is 9.41. The summed E-state index contributed by atoms with van der Waals surface area (Å²) in [5, 5.41) is 3.09. The van der Waals surface area contributed by atoms with E-state index in [-0.39, 0.29) is 17.4 Å². The molecule has 0 unspecified atom stereocenters. The minimum absolute atomic E-state index is 0.196. The molecule has 0 aliphatic heterocycles. The largest absolute Gasteiger partial charge is 0.468 e. The van der Waals surface area contributed by atoms with Gasteiger partial charge in [0.05, 0.1) is 18.8 Å². The van der Waals surface area contributed by atoms with Crippen LogP contribution in [0.1, 0.15) is 26.5 Å². The second-order valence-corrected chi connectivity index (χ2v) is 4.66. The average Bonchev–Trinajstić information content (AvgIpc) is 2.53. The number of nitrogens with two attached hydrogens (primary N) is 1. The number of hydrogen-bond acceptors (Lipinski definition) is 3. The van der Waals surface area contributed by atoms with Crippen molar-refractivity contribution in [1.29, 1.82) is 0 Å². The summed E-state index contributed by atoms with van der Waals surface area (Å²) in [6.45, 7) is 6.42. The van der Waals surface area contributed by atoms with Crippen LogP contribution in [0, 0.1) is 5.41 Å². The highest BCUT2D eigenvalue weighted by Crippen LogP contribution is 2.19. The Morgan fingerprint density at radius 3 is 2.67 bits per heavy atom. The van der Waals surface area contributed by atoms with Gasteiger partial charge in [0.1, 0.15) is 5.76 Å². The number of amides is 1. The van der Waals surface area contributed by atoms with Crippen LogP contribution in [0.2, 0.25) is 0 Å². The molecule has 3 N–H and O–H groups in total. The summed E-state index contributed by atoms with van der Waals surface area (Å²) in [4.78, 5) is 11.2. The van der Waals surface area contributed by atoms with Gasteiger partial charge < -0.3 is 10.2 Å². The van der Waals surface area contributed by atoms with E-state index >= 15 is 0 Å². The predicted molar refractivity (Wildman–Crippen MR) is 58.0 cm³/mol. The fraction of sp³-hybridized carbons (Fsp3) is 0.545. The molecule has 0 radical (unpaired) electrons. The summed E-state index contributed by atoms with van der Waals surface area (Å²) in [6.07, 6.45) is 1.60. The first-order valence-corrected chi connectivity index (χ1v) is 4.96. The first-order chi connectivity index (χ1) is 6.91. The number of carbonyl (C=O) groups is 1. The Morgan fingerprint density at radius 1 is 1.60 bits per heavy atom. The molecule has 0 bridgehead atoms. The van der Waals surface area contributed by atoms with Gasteiger partial charge in [-0.15, -0.1) is 0 Å². The van der Waals surface area contributed by atoms with Crippen LogP contribution in [0.25, 0.3) is 0 Å². The normalized spacial score (nSPS) is 13.8. The third kappa shape index (κ3) is 3.40. The third-order valence-corrected chi connectivity index (χ3v) is 2.21. The molecule has 4 nitrogen and oxygen atoms in total. The lowest BCUT2D eigenvalue weighted by atomic mass is 9.86. The fourth-order valence-electron chi connectivity index (χ4n) is 1.45. The number of primary amides is 1. The topological polar surface area (TPSA) is 68.3 Å². The molecule has 4 heteroatoms. The first-order valence-electron chi connectivity index (χ1n) is 4.96. The van der Waals surface area contributed by atoms with Crippen molar-refractivity contribution in [3.8, 4) is 0 Å². The van der Waals surface area contributed by atoms with E-state index in [9.17, 15) is 4.79 Å². The SMILES string of the molecule is CC(C)(C)[C@@H](NCc1ccco1)C(N)=O. The molecule has 0 aliphatic carbocycles. The Bertz CT molecular complexity index is 312. The van der Waals surface area contributed by atoms with Crippen molar-refractivity contribution in [2.75, 3.05) is 0 Å². The second kappa shape index (κ2) is 4.49. The van der Waals surface area contributed by atoms with Crippen molar-refractivity contribution in [3.05, 3.63) is 24.2 Å². The Kier molecular flexibility index (Phi) is 3.52. The van der Waals surface area contributed by atoms with E-state index in [4.69, 9.17) is 10.2 Å². The highest BCUT2D eigenvalue weighted by Gasteiger charge is 2.29. The lowest BCUT2D eigenvalue weighted by molar-refractivity contribution is -0.122. The van der Waals surface area contributed by atoms with Gasteiger partial charge in [-0.2, -0.15) is 0 Å². The molecule has 84 valence electrons. The quantitative estimate of drug-likeness (QED) is 0.786. The van der Waals surface area contributed by atoms with E-state index in [1.807, 2.05) is 32.9 Å². The standard InChI is InChI=1S/C11H18N2O2/c1-11(2,3)9(10(12)14)13-7-8-5-4-6-15-8/h4-6,9,13H,7H2,1-3H3,(H2,12,14)/t9-/m0/s1. The van der Waals surface area contributed by atoms with Gasteiger partial charge in [-0.25, -0.2) is 0 Å². The molecule has 15 heavy (non-hydrogen) atoms. The Morgan fingerprint density at radius 2 is 2.27 bits per heavy atom. The van der Waals surface area contributed by atoms with E-state index in [0.29, 0.717) is 6.54 Å². The maximum Gasteiger partial charge on any atom is 0.235 e. The lowest BCUT2D eigenvalue weighted by Crippen LogP contribution is -2.49. The summed E-state index contributed by atoms with van der Waals surface area (Å²) in [7, 11) is 0. The zero-order chi connectivity index (χ0) is 11.5. The summed E-state index contributed by atoms with van der Waals surface area (Å²) in [5.74, 6) is 0.458. The van der Waals surface area contributed by atoms with Crippen molar-refractivity contribution in [2.24, 2.45) is 11.1 Å². The highest BCUT2D eigenvalue weighted by molar-refractivity contribution is 5.80. The molecule has 0 saturated carbocycles. The Hall–Kier alpha value is -1.29. The smallest absolute Gasteiger partial charge is 0.235 e. The molecule has 1 aromatic heterocycles. The molecule has 1 heterocycles. The zero-order valence-electron chi connectivity index (χ0n) is 9.41. The second-order valence-electron chi connectivity index (χ2n) is 4.66. The maximum atomic E-state index is 11.2. The summed E-state index contributed by atoms with van der Waals surface area (Å²) < 4.78 is 5.16. The van der Waals surface area contributed by atoms with Crippen molar-refractivity contribution in [1.82, 2.24) is 5.32 Å². The van der Waals surface area contributed by atoms with Crippen LogP contribution in [0.3, 0.4) is 0 Å². The van der Waals surface area contributed by atoms with Crippen LogP contribution in [-0.4, -0.2) is 11.9 Å². The van der Waals surface area contributed by atoms with Crippen LogP contribution in [0.5, 0.6) is 0 Å². The summed E-state index contributed by atoms with van der Waals surface area (Å²) >= 11 is 0. The monoisotopic (exact) mass is 210 g/mol. The predicted octanol–water partition coefficient (Wildman–Crippen LogP) is 1.27. The summed E-state index contributed by atoms with van der Waals surface area (Å²) in [5.41, 5.74) is 5.13. The molecule has 1 rings (SSSR count). The van der Waals surface area contributed by atoms with Crippen molar-refractivity contribution in [2.45, 2.75) is 33.4 Å². The number of furan rings is 1. The van der Waals surface area contributed by atoms with Gasteiger partial charge in [-0.3, -0.25) is 10.1 Å². The minimum atomic E-state index is -0.359. The maximum absolute atomic E-state index is 11.2. The molecule has 1 aromatic rings. The highest BCUT2D eigenvalue weighted by atomic mass is 16.3. The number of rotatable bonds is 4. The molecular formula is C11H18N2O2. The van der Waals surface area contributed by atoms with Gasteiger partial charge in [-0.05, 0) is 17.5 Å². The van der Waals surface area contributed by atoms with Gasteiger partial charge in [0, 0.05) is 0 Å². The average molecular weight is 210 g/mol. The minimum Gasteiger partial charge on any atom is -0.468 e. The van der Waals surface area contributed by atoms with E-state index < -0.39 is 0 Å². The molecular weight excluding hydrogens is 192 g/mol. The van der Waals surface area contributed by atoms with Gasteiger partial charge >= 0.3 is 0 Å². The molecule has 0 aliphatic rings. The van der Waals surface area contributed by atoms with Crippen LogP contribution < -0.4 is 11.1 Å². The third-order valence-electron chi connectivity index (χ3n) is 2.21. The number of nitrogens with one attached hydrogen (secondary N) is 1. The van der Waals surface area contributed by atoms with Gasteiger partial charge in [0.15, 0.2) is 0 Å². The van der Waals surface area contributed by atoms with Crippen LogP contribution in [0.4, 0.5) is 0 Å². The van der Waals surface area contributed by atoms with Crippen molar-refractivity contribution in [3.63, 3.8) is 0 Å². The van der Waals surface area contributed by atoms with Crippen molar-refractivity contribution >= 4 is 5.91 Å². The molecule has 0 spiro atoms. The van der Waals surface area contributed by atoms with Gasteiger partial charge in [-0.1, -0.05) is 20.8 Å². The molecule has 1 atom stereocenters. The van der Waals surface area contributed by atoms with Crippen molar-refractivity contribution < 1.29 is 9.21 Å². The van der Waals surface area contributed by atoms with Gasteiger partial charge in [0.2, 0.25) is 5.91 Å². The van der Waals surface area contributed by atoms with Crippen LogP contribution in [-0.2, 0) is 11.3 Å². The van der Waals surface area contributed by atoms with Gasteiger partial charge in [0.25, 0.3) is 0 Å². The molecule has 0 fully saturated rings. The molecule has 1 amide bonds. The summed E-state index contributed by atoms with van der Waals surface area (Å²) in [6, 6.07) is 3.31. The molecule has 0 saturated heterocycles. The Labute approximate surface area is 89.8 Å². The van der Waals surface area contributed by atoms with E-state index in [0.717, 1.165) is 5.76 Å². The first kappa shape index (κ1) is 11.8. The van der Waals surface area contributed by atoms with E-state index in [2.05, 4.69) is 5.32 Å². The van der Waals surface area contributed by atoms with E-state index in [1.54, 1.807) is 6.26 Å². The number of carbonyl (C=O) groups excluding carboxylic acids is 1. The van der Waals surface area contributed by atoms with Crippen LogP contribution >= 0.6 is 0 Å². The van der Waals surface area contributed by atoms with Crippen LogP contribution in [0.15, 0.2) is 22.8 Å². The lowest BCUT2D eigenvalue weighted by Gasteiger charge is -2.28. The number of hydrogen-bond donors (Lipinski definition) is 2. The van der Waals surface area contributed by atoms with E-state index in [1.165, 1.54) is 0 Å². The Balaban J connectivity index is 2.57. The fourth-order valence-corrected chi connectivity index (χ4v) is 1.45. The molecule has 0 aromatic carbocycles.